The van der Waals surface area contributed by atoms with Crippen molar-refractivity contribution in [3.8, 4) is 0 Å². The van der Waals surface area contributed by atoms with Crippen molar-refractivity contribution in [2.75, 3.05) is 13.1 Å². The summed E-state index contributed by atoms with van der Waals surface area (Å²) in [5.74, 6) is 0.629. The SMILES string of the molecule is CCCNCC(C)C(C)c1c(C)cc(C)cc1F. The molecule has 0 saturated heterocycles. The van der Waals surface area contributed by atoms with Crippen LogP contribution in [-0.4, -0.2) is 13.1 Å². The Hall–Kier alpha value is -0.890. The zero-order valence-corrected chi connectivity index (χ0v) is 12.3. The third kappa shape index (κ3) is 3.81. The van der Waals surface area contributed by atoms with E-state index < -0.39 is 0 Å². The fraction of sp³-hybridized carbons (Fsp3) is 0.625. The number of benzene rings is 1. The first-order valence-electron chi connectivity index (χ1n) is 6.94. The van der Waals surface area contributed by atoms with Gasteiger partial charge in [0, 0.05) is 0 Å². The molecule has 1 aromatic carbocycles. The van der Waals surface area contributed by atoms with Crippen molar-refractivity contribution in [1.82, 2.24) is 5.32 Å². The van der Waals surface area contributed by atoms with Crippen LogP contribution in [0.2, 0.25) is 0 Å². The summed E-state index contributed by atoms with van der Waals surface area (Å²) in [7, 11) is 0. The second kappa shape index (κ2) is 6.89. The number of aryl methyl sites for hydroxylation is 2. The van der Waals surface area contributed by atoms with Crippen LogP contribution in [-0.2, 0) is 0 Å². The maximum absolute atomic E-state index is 14.1. The molecule has 18 heavy (non-hydrogen) atoms. The number of halogens is 1. The molecule has 0 bridgehead atoms. The summed E-state index contributed by atoms with van der Waals surface area (Å²) in [5.41, 5.74) is 2.95. The molecule has 2 heteroatoms. The van der Waals surface area contributed by atoms with E-state index in [2.05, 4.69) is 32.2 Å². The van der Waals surface area contributed by atoms with Crippen LogP contribution in [0.25, 0.3) is 0 Å². The maximum atomic E-state index is 14.1. The number of hydrogen-bond acceptors (Lipinski definition) is 1. The van der Waals surface area contributed by atoms with Gasteiger partial charge in [-0.15, -0.1) is 0 Å². The standard InChI is InChI=1S/C16H26FN/c1-6-7-18-10-13(4)14(5)16-12(3)8-11(2)9-15(16)17/h8-9,13-14,18H,6-7,10H2,1-5H3. The highest BCUT2D eigenvalue weighted by molar-refractivity contribution is 5.34. The molecule has 1 rings (SSSR count). The molecule has 0 aliphatic carbocycles. The van der Waals surface area contributed by atoms with Gasteiger partial charge < -0.3 is 5.32 Å². The fourth-order valence-corrected chi connectivity index (χ4v) is 2.47. The Balaban J connectivity index is 2.80. The Morgan fingerprint density at radius 1 is 1.22 bits per heavy atom. The van der Waals surface area contributed by atoms with E-state index >= 15 is 0 Å². The molecule has 0 aliphatic heterocycles. The van der Waals surface area contributed by atoms with E-state index in [1.807, 2.05) is 13.8 Å². The molecular formula is C16H26FN. The van der Waals surface area contributed by atoms with E-state index in [0.717, 1.165) is 36.2 Å². The van der Waals surface area contributed by atoms with Crippen LogP contribution in [0.15, 0.2) is 12.1 Å². The van der Waals surface area contributed by atoms with Crippen LogP contribution in [0, 0.1) is 25.6 Å². The summed E-state index contributed by atoms with van der Waals surface area (Å²) in [6, 6.07) is 3.71. The predicted molar refractivity (Wildman–Crippen MR) is 76.6 cm³/mol. The van der Waals surface area contributed by atoms with Gasteiger partial charge in [-0.3, -0.25) is 0 Å². The Bertz CT molecular complexity index is 364. The van der Waals surface area contributed by atoms with Gasteiger partial charge in [-0.25, -0.2) is 4.39 Å². The highest BCUT2D eigenvalue weighted by atomic mass is 19.1. The zero-order valence-electron chi connectivity index (χ0n) is 12.3. The van der Waals surface area contributed by atoms with Crippen LogP contribution in [0.3, 0.4) is 0 Å². The molecular weight excluding hydrogens is 225 g/mol. The highest BCUT2D eigenvalue weighted by Crippen LogP contribution is 2.29. The van der Waals surface area contributed by atoms with Crippen LogP contribution < -0.4 is 5.32 Å². The van der Waals surface area contributed by atoms with Crippen LogP contribution >= 0.6 is 0 Å². The molecule has 0 heterocycles. The minimum atomic E-state index is -0.0534. The molecule has 0 amide bonds. The lowest BCUT2D eigenvalue weighted by Crippen LogP contribution is -2.25. The Labute approximate surface area is 111 Å². The van der Waals surface area contributed by atoms with Gasteiger partial charge in [0.1, 0.15) is 5.82 Å². The lowest BCUT2D eigenvalue weighted by atomic mass is 9.85. The van der Waals surface area contributed by atoms with Gasteiger partial charge in [0.05, 0.1) is 0 Å². The maximum Gasteiger partial charge on any atom is 0.127 e. The van der Waals surface area contributed by atoms with Crippen molar-refractivity contribution in [3.63, 3.8) is 0 Å². The molecule has 0 aromatic heterocycles. The molecule has 0 saturated carbocycles. The van der Waals surface area contributed by atoms with Gasteiger partial charge >= 0.3 is 0 Å². The van der Waals surface area contributed by atoms with Crippen molar-refractivity contribution in [3.05, 3.63) is 34.6 Å². The quantitative estimate of drug-likeness (QED) is 0.748. The van der Waals surface area contributed by atoms with Crippen LogP contribution in [0.1, 0.15) is 49.8 Å². The fourth-order valence-electron chi connectivity index (χ4n) is 2.47. The topological polar surface area (TPSA) is 12.0 Å². The molecule has 0 fully saturated rings. The van der Waals surface area contributed by atoms with Crippen molar-refractivity contribution in [1.29, 1.82) is 0 Å². The monoisotopic (exact) mass is 251 g/mol. The van der Waals surface area contributed by atoms with E-state index in [4.69, 9.17) is 0 Å². The Morgan fingerprint density at radius 2 is 1.89 bits per heavy atom. The third-order valence-electron chi connectivity index (χ3n) is 3.68. The minimum absolute atomic E-state index is 0.0534. The summed E-state index contributed by atoms with van der Waals surface area (Å²) in [5, 5.41) is 3.41. The Morgan fingerprint density at radius 3 is 2.44 bits per heavy atom. The van der Waals surface area contributed by atoms with E-state index in [0.29, 0.717) is 5.92 Å². The van der Waals surface area contributed by atoms with Crippen molar-refractivity contribution in [2.24, 2.45) is 5.92 Å². The average Bonchev–Trinajstić information content (AvgIpc) is 2.27. The molecule has 102 valence electrons. The average molecular weight is 251 g/mol. The summed E-state index contributed by atoms with van der Waals surface area (Å²) in [6.07, 6.45) is 1.14. The van der Waals surface area contributed by atoms with E-state index in [-0.39, 0.29) is 11.7 Å². The van der Waals surface area contributed by atoms with Gasteiger partial charge in [0.15, 0.2) is 0 Å². The first kappa shape index (κ1) is 15.2. The lowest BCUT2D eigenvalue weighted by molar-refractivity contribution is 0.433. The van der Waals surface area contributed by atoms with Gasteiger partial charge in [-0.1, -0.05) is 26.8 Å². The molecule has 1 N–H and O–H groups in total. The van der Waals surface area contributed by atoms with Crippen LogP contribution in [0.5, 0.6) is 0 Å². The molecule has 2 unspecified atom stereocenters. The van der Waals surface area contributed by atoms with Crippen LogP contribution in [0.4, 0.5) is 4.39 Å². The minimum Gasteiger partial charge on any atom is -0.316 e. The number of hydrogen-bond donors (Lipinski definition) is 1. The van der Waals surface area contributed by atoms with Gasteiger partial charge in [0.25, 0.3) is 0 Å². The Kier molecular flexibility index (Phi) is 5.80. The number of rotatable bonds is 6. The highest BCUT2D eigenvalue weighted by Gasteiger charge is 2.19. The summed E-state index contributed by atoms with van der Waals surface area (Å²) in [4.78, 5) is 0. The zero-order chi connectivity index (χ0) is 13.7. The van der Waals surface area contributed by atoms with Crippen molar-refractivity contribution >= 4 is 0 Å². The van der Waals surface area contributed by atoms with E-state index in [1.165, 1.54) is 0 Å². The van der Waals surface area contributed by atoms with Gasteiger partial charge in [-0.05, 0) is 68.0 Å². The van der Waals surface area contributed by atoms with E-state index in [9.17, 15) is 4.39 Å². The van der Waals surface area contributed by atoms with Crippen molar-refractivity contribution < 1.29 is 4.39 Å². The summed E-state index contributed by atoms with van der Waals surface area (Å²) < 4.78 is 14.1. The van der Waals surface area contributed by atoms with Gasteiger partial charge in [-0.2, -0.15) is 0 Å². The summed E-state index contributed by atoms with van der Waals surface area (Å²) >= 11 is 0. The first-order chi connectivity index (χ1) is 8.47. The summed E-state index contributed by atoms with van der Waals surface area (Å²) in [6.45, 7) is 12.4. The second-order valence-electron chi connectivity index (χ2n) is 5.45. The lowest BCUT2D eigenvalue weighted by Gasteiger charge is -2.23. The second-order valence-corrected chi connectivity index (χ2v) is 5.45. The molecule has 0 radical (unpaired) electrons. The smallest absolute Gasteiger partial charge is 0.127 e. The largest absolute Gasteiger partial charge is 0.316 e. The molecule has 1 aromatic rings. The molecule has 1 nitrogen and oxygen atoms in total. The first-order valence-corrected chi connectivity index (χ1v) is 6.94. The molecule has 0 spiro atoms. The molecule has 0 aliphatic rings. The van der Waals surface area contributed by atoms with E-state index in [1.54, 1.807) is 6.07 Å². The van der Waals surface area contributed by atoms with Gasteiger partial charge in [0.2, 0.25) is 0 Å². The molecule has 2 atom stereocenters. The third-order valence-corrected chi connectivity index (χ3v) is 3.68. The van der Waals surface area contributed by atoms with Crippen molar-refractivity contribution in [2.45, 2.75) is 47.0 Å². The predicted octanol–water partition coefficient (Wildman–Crippen LogP) is 4.18. The normalized spacial score (nSPS) is 14.6. The number of nitrogens with one attached hydrogen (secondary N) is 1.